The van der Waals surface area contributed by atoms with Crippen molar-refractivity contribution in [2.45, 2.75) is 77.8 Å². The summed E-state index contributed by atoms with van der Waals surface area (Å²) in [5, 5.41) is 0. The van der Waals surface area contributed by atoms with Crippen molar-refractivity contribution in [2.24, 2.45) is 0 Å². The van der Waals surface area contributed by atoms with Gasteiger partial charge in [-0.3, -0.25) is 0 Å². The SMILES string of the molecule is CC1(C)CN(c2ncc(B3OC(C)(C)C(C)(C)O3)cn2)CC(C)(C)O1. The zero-order valence-electron chi connectivity index (χ0n) is 16.7. The minimum atomic E-state index is -0.434. The van der Waals surface area contributed by atoms with Crippen molar-refractivity contribution in [1.29, 1.82) is 0 Å². The summed E-state index contributed by atoms with van der Waals surface area (Å²) in [5.74, 6) is 0.713. The average Bonchev–Trinajstić information content (AvgIpc) is 2.64. The minimum Gasteiger partial charge on any atom is -0.399 e. The van der Waals surface area contributed by atoms with Crippen LogP contribution in [0.4, 0.5) is 5.95 Å². The average molecular weight is 347 g/mol. The van der Waals surface area contributed by atoms with Gasteiger partial charge in [-0.05, 0) is 55.4 Å². The lowest BCUT2D eigenvalue weighted by Gasteiger charge is -2.47. The summed E-state index contributed by atoms with van der Waals surface area (Å²) in [4.78, 5) is 11.3. The Hall–Kier alpha value is -1.18. The number of rotatable bonds is 2. The Balaban J connectivity index is 1.77. The molecule has 7 heteroatoms. The van der Waals surface area contributed by atoms with Crippen LogP contribution in [0.25, 0.3) is 0 Å². The molecule has 2 fully saturated rings. The molecule has 0 N–H and O–H groups in total. The second-order valence-corrected chi connectivity index (χ2v) is 9.38. The van der Waals surface area contributed by atoms with Gasteiger partial charge in [0.1, 0.15) is 0 Å². The van der Waals surface area contributed by atoms with Crippen molar-refractivity contribution < 1.29 is 14.0 Å². The van der Waals surface area contributed by atoms with Crippen molar-refractivity contribution in [1.82, 2.24) is 9.97 Å². The number of nitrogens with zero attached hydrogens (tertiary/aromatic N) is 3. The molecule has 0 saturated carbocycles. The van der Waals surface area contributed by atoms with Gasteiger partial charge < -0.3 is 18.9 Å². The first kappa shape index (κ1) is 18.6. The first-order valence-corrected chi connectivity index (χ1v) is 8.93. The molecule has 1 aromatic rings. The van der Waals surface area contributed by atoms with Gasteiger partial charge in [0.15, 0.2) is 0 Å². The van der Waals surface area contributed by atoms with E-state index in [9.17, 15) is 0 Å². The van der Waals surface area contributed by atoms with Crippen molar-refractivity contribution in [2.75, 3.05) is 18.0 Å². The molecule has 1 aromatic heterocycles. The molecule has 0 unspecified atom stereocenters. The zero-order valence-corrected chi connectivity index (χ0v) is 16.7. The quantitative estimate of drug-likeness (QED) is 0.765. The Morgan fingerprint density at radius 2 is 1.28 bits per heavy atom. The normalized spacial score (nSPS) is 26.7. The summed E-state index contributed by atoms with van der Waals surface area (Å²) in [6.45, 7) is 18.1. The molecule has 0 spiro atoms. The van der Waals surface area contributed by atoms with Gasteiger partial charge in [0.2, 0.25) is 5.95 Å². The van der Waals surface area contributed by atoms with E-state index < -0.39 is 7.12 Å². The number of hydrogen-bond acceptors (Lipinski definition) is 6. The molecule has 0 aromatic carbocycles. The molecule has 0 bridgehead atoms. The van der Waals surface area contributed by atoms with Crippen LogP contribution in [0.2, 0.25) is 0 Å². The highest BCUT2D eigenvalue weighted by molar-refractivity contribution is 6.61. The molecule has 25 heavy (non-hydrogen) atoms. The van der Waals surface area contributed by atoms with Gasteiger partial charge in [0.25, 0.3) is 0 Å². The van der Waals surface area contributed by atoms with Crippen LogP contribution in [0.15, 0.2) is 12.4 Å². The third kappa shape index (κ3) is 3.69. The Bertz CT molecular complexity index is 611. The van der Waals surface area contributed by atoms with E-state index in [1.165, 1.54) is 0 Å². The highest BCUT2D eigenvalue weighted by atomic mass is 16.7. The van der Waals surface area contributed by atoms with E-state index in [0.717, 1.165) is 18.6 Å². The van der Waals surface area contributed by atoms with Crippen LogP contribution in [-0.4, -0.2) is 52.6 Å². The number of anilines is 1. The predicted octanol–water partition coefficient (Wildman–Crippen LogP) is 2.17. The lowest BCUT2D eigenvalue weighted by molar-refractivity contribution is -0.133. The summed E-state index contributed by atoms with van der Waals surface area (Å²) in [6.07, 6.45) is 3.61. The smallest absolute Gasteiger partial charge is 0.399 e. The highest BCUT2D eigenvalue weighted by Gasteiger charge is 2.52. The van der Waals surface area contributed by atoms with Gasteiger partial charge in [0.05, 0.1) is 22.4 Å². The van der Waals surface area contributed by atoms with Gasteiger partial charge in [-0.25, -0.2) is 9.97 Å². The largest absolute Gasteiger partial charge is 0.498 e. The Morgan fingerprint density at radius 3 is 1.72 bits per heavy atom. The zero-order chi connectivity index (χ0) is 18.7. The number of hydrogen-bond donors (Lipinski definition) is 0. The van der Waals surface area contributed by atoms with Gasteiger partial charge in [-0.2, -0.15) is 0 Å². The van der Waals surface area contributed by atoms with Crippen LogP contribution >= 0.6 is 0 Å². The molecule has 0 atom stereocenters. The van der Waals surface area contributed by atoms with Gasteiger partial charge >= 0.3 is 7.12 Å². The molecule has 0 aliphatic carbocycles. The second kappa shape index (κ2) is 5.66. The molecule has 6 nitrogen and oxygen atoms in total. The summed E-state index contributed by atoms with van der Waals surface area (Å²) in [7, 11) is -0.434. The van der Waals surface area contributed by atoms with Crippen LogP contribution < -0.4 is 10.4 Å². The molecule has 138 valence electrons. The standard InChI is InChI=1S/C18H30BN3O3/c1-15(2)11-22(12-16(3,4)23-15)14-20-9-13(10-21-14)19-24-17(5,6)18(7,8)25-19/h9-10H,11-12H2,1-8H3. The topological polar surface area (TPSA) is 56.7 Å². The third-order valence-electron chi connectivity index (χ3n) is 5.16. The first-order chi connectivity index (χ1) is 11.3. The third-order valence-corrected chi connectivity index (χ3v) is 5.16. The molecule has 2 aliphatic heterocycles. The van der Waals surface area contributed by atoms with Crippen molar-refractivity contribution >= 4 is 18.5 Å². The highest BCUT2D eigenvalue weighted by Crippen LogP contribution is 2.36. The van der Waals surface area contributed by atoms with Crippen LogP contribution in [-0.2, 0) is 14.0 Å². The molecule has 0 radical (unpaired) electrons. The lowest BCUT2D eigenvalue weighted by atomic mass is 9.81. The van der Waals surface area contributed by atoms with Crippen molar-refractivity contribution in [3.63, 3.8) is 0 Å². The fourth-order valence-corrected chi connectivity index (χ4v) is 3.52. The maximum Gasteiger partial charge on any atom is 0.498 e. The fraction of sp³-hybridized carbons (Fsp3) is 0.778. The minimum absolute atomic E-state index is 0.241. The van der Waals surface area contributed by atoms with E-state index >= 15 is 0 Å². The van der Waals surface area contributed by atoms with E-state index in [4.69, 9.17) is 14.0 Å². The lowest BCUT2D eigenvalue weighted by Crippen LogP contribution is -2.57. The molecule has 2 saturated heterocycles. The van der Waals surface area contributed by atoms with Gasteiger partial charge in [-0.15, -0.1) is 0 Å². The maximum absolute atomic E-state index is 6.13. The van der Waals surface area contributed by atoms with Crippen LogP contribution in [0.5, 0.6) is 0 Å². The van der Waals surface area contributed by atoms with Crippen LogP contribution in [0.1, 0.15) is 55.4 Å². The number of morpholine rings is 1. The first-order valence-electron chi connectivity index (χ1n) is 8.93. The Labute approximate surface area is 151 Å². The molecule has 3 heterocycles. The summed E-state index contributed by atoms with van der Waals surface area (Å²) >= 11 is 0. The van der Waals surface area contributed by atoms with Crippen LogP contribution in [0, 0.1) is 0 Å². The summed E-state index contributed by atoms with van der Waals surface area (Å²) in [6, 6.07) is 0. The van der Waals surface area contributed by atoms with E-state index in [1.54, 1.807) is 12.4 Å². The summed E-state index contributed by atoms with van der Waals surface area (Å²) in [5.41, 5.74) is -0.372. The maximum atomic E-state index is 6.13. The van der Waals surface area contributed by atoms with Crippen LogP contribution in [0.3, 0.4) is 0 Å². The van der Waals surface area contributed by atoms with Crippen molar-refractivity contribution in [3.05, 3.63) is 12.4 Å². The predicted molar refractivity (Wildman–Crippen MR) is 99.2 cm³/mol. The van der Waals surface area contributed by atoms with Gasteiger partial charge in [0, 0.05) is 30.9 Å². The summed E-state index contributed by atoms with van der Waals surface area (Å²) < 4.78 is 18.3. The molecule has 2 aliphatic rings. The Kier molecular flexibility index (Phi) is 4.21. The molecular weight excluding hydrogens is 317 g/mol. The molecule has 0 amide bonds. The van der Waals surface area contributed by atoms with Gasteiger partial charge in [-0.1, -0.05) is 0 Å². The monoisotopic (exact) mass is 347 g/mol. The van der Waals surface area contributed by atoms with E-state index in [-0.39, 0.29) is 22.4 Å². The van der Waals surface area contributed by atoms with E-state index in [0.29, 0.717) is 5.95 Å². The van der Waals surface area contributed by atoms with E-state index in [2.05, 4.69) is 42.6 Å². The van der Waals surface area contributed by atoms with E-state index in [1.807, 2.05) is 27.7 Å². The molecular formula is C18H30BN3O3. The number of aromatic nitrogens is 2. The van der Waals surface area contributed by atoms with Crippen molar-refractivity contribution in [3.8, 4) is 0 Å². The Morgan fingerprint density at radius 1 is 0.840 bits per heavy atom. The number of ether oxygens (including phenoxy) is 1. The fourth-order valence-electron chi connectivity index (χ4n) is 3.52. The second-order valence-electron chi connectivity index (χ2n) is 9.38. The molecule has 3 rings (SSSR count).